The number of benzene rings is 3. The average Bonchev–Trinajstić information content (AvgIpc) is 2.74. The molecule has 3 aromatic carbocycles. The molecule has 0 bridgehead atoms. The number of anilines is 1. The Morgan fingerprint density at radius 2 is 1.86 bits per heavy atom. The fourth-order valence-corrected chi connectivity index (χ4v) is 2.98. The number of halogens is 1. The molecule has 3 aromatic rings. The minimum Gasteiger partial charge on any atom is -0.496 e. The Morgan fingerprint density at radius 3 is 2.62 bits per heavy atom. The van der Waals surface area contributed by atoms with Gasteiger partial charge in [-0.15, -0.1) is 0 Å². The van der Waals surface area contributed by atoms with Crippen LogP contribution in [0, 0.1) is 12.7 Å². The molecule has 0 aromatic heterocycles. The van der Waals surface area contributed by atoms with E-state index in [0.717, 1.165) is 22.3 Å². The highest BCUT2D eigenvalue weighted by Gasteiger charge is 2.13. The summed E-state index contributed by atoms with van der Waals surface area (Å²) < 4.78 is 25.5. The van der Waals surface area contributed by atoms with E-state index < -0.39 is 11.8 Å². The van der Waals surface area contributed by atoms with Gasteiger partial charge in [0.1, 0.15) is 12.4 Å². The predicted molar refractivity (Wildman–Crippen MR) is 110 cm³/mol. The van der Waals surface area contributed by atoms with Gasteiger partial charge >= 0.3 is 6.03 Å². The number of methoxy groups -OCH3 is 1. The van der Waals surface area contributed by atoms with Gasteiger partial charge in [0.25, 0.3) is 0 Å². The molecule has 0 radical (unpaired) electrons. The van der Waals surface area contributed by atoms with Crippen LogP contribution >= 0.6 is 0 Å². The molecule has 0 saturated heterocycles. The van der Waals surface area contributed by atoms with Gasteiger partial charge in [0, 0.05) is 16.8 Å². The monoisotopic (exact) mass is 395 g/mol. The first-order valence-electron chi connectivity index (χ1n) is 8.95. The zero-order valence-electron chi connectivity index (χ0n) is 16.2. The van der Waals surface area contributed by atoms with Crippen molar-refractivity contribution in [2.45, 2.75) is 13.5 Å². The van der Waals surface area contributed by atoms with Crippen LogP contribution in [-0.2, 0) is 6.61 Å². The standard InChI is InChI=1S/C22H22FN3O3/c1-14-6-5-8-19(25-22(27)26-24)17(14)13-29-21-12-15(10-11-18(21)23)16-7-3-4-9-20(16)28-2/h3-12H,13,24H2,1-2H3,(H2,25,26,27). The van der Waals surface area contributed by atoms with Gasteiger partial charge in [0.05, 0.1) is 7.11 Å². The molecule has 6 nitrogen and oxygen atoms in total. The molecular formula is C22H22FN3O3. The van der Waals surface area contributed by atoms with Crippen molar-refractivity contribution in [1.82, 2.24) is 5.43 Å². The Hall–Kier alpha value is -3.58. The van der Waals surface area contributed by atoms with Crippen molar-refractivity contribution in [2.75, 3.05) is 12.4 Å². The summed E-state index contributed by atoms with van der Waals surface area (Å²) >= 11 is 0. The molecule has 0 unspecified atom stereocenters. The summed E-state index contributed by atoms with van der Waals surface area (Å²) in [5, 5.41) is 2.64. The first-order valence-corrected chi connectivity index (χ1v) is 8.95. The number of para-hydroxylation sites is 1. The number of amides is 2. The fraction of sp³-hybridized carbons (Fsp3) is 0.136. The Labute approximate surface area is 168 Å². The van der Waals surface area contributed by atoms with Crippen LogP contribution in [0.2, 0.25) is 0 Å². The van der Waals surface area contributed by atoms with Gasteiger partial charge in [0.2, 0.25) is 0 Å². The van der Waals surface area contributed by atoms with Crippen LogP contribution in [0.1, 0.15) is 11.1 Å². The highest BCUT2D eigenvalue weighted by atomic mass is 19.1. The second-order valence-electron chi connectivity index (χ2n) is 6.33. The minimum absolute atomic E-state index is 0.0686. The lowest BCUT2D eigenvalue weighted by Crippen LogP contribution is -2.34. The summed E-state index contributed by atoms with van der Waals surface area (Å²) in [4.78, 5) is 11.6. The van der Waals surface area contributed by atoms with Gasteiger partial charge in [-0.3, -0.25) is 5.43 Å². The highest BCUT2D eigenvalue weighted by Crippen LogP contribution is 2.33. The van der Waals surface area contributed by atoms with Crippen molar-refractivity contribution in [3.63, 3.8) is 0 Å². The Bertz CT molecular complexity index is 1020. The van der Waals surface area contributed by atoms with Crippen LogP contribution in [0.15, 0.2) is 60.7 Å². The van der Waals surface area contributed by atoms with Gasteiger partial charge in [0.15, 0.2) is 11.6 Å². The van der Waals surface area contributed by atoms with Gasteiger partial charge in [-0.1, -0.05) is 36.4 Å². The topological polar surface area (TPSA) is 85.6 Å². The zero-order valence-corrected chi connectivity index (χ0v) is 16.2. The molecule has 2 amide bonds. The molecule has 0 heterocycles. The summed E-state index contributed by atoms with van der Waals surface area (Å²) in [7, 11) is 1.59. The van der Waals surface area contributed by atoms with E-state index in [0.29, 0.717) is 11.4 Å². The molecule has 0 atom stereocenters. The lowest BCUT2D eigenvalue weighted by atomic mass is 10.0. The van der Waals surface area contributed by atoms with Crippen LogP contribution in [-0.4, -0.2) is 13.1 Å². The van der Waals surface area contributed by atoms with Gasteiger partial charge < -0.3 is 14.8 Å². The second-order valence-corrected chi connectivity index (χ2v) is 6.33. The maximum absolute atomic E-state index is 14.4. The molecule has 0 saturated carbocycles. The van der Waals surface area contributed by atoms with Crippen molar-refractivity contribution in [3.8, 4) is 22.6 Å². The van der Waals surface area contributed by atoms with Gasteiger partial charge in [-0.2, -0.15) is 0 Å². The minimum atomic E-state index is -0.554. The molecule has 7 heteroatoms. The number of rotatable bonds is 6. The number of hydrogen-bond donors (Lipinski definition) is 3. The third kappa shape index (κ3) is 4.64. The number of nitrogens with one attached hydrogen (secondary N) is 2. The number of aryl methyl sites for hydroxylation is 1. The number of nitrogens with two attached hydrogens (primary N) is 1. The van der Waals surface area contributed by atoms with Crippen LogP contribution in [0.25, 0.3) is 11.1 Å². The Morgan fingerprint density at radius 1 is 1.07 bits per heavy atom. The van der Waals surface area contributed by atoms with Crippen LogP contribution in [0.3, 0.4) is 0 Å². The third-order valence-electron chi connectivity index (χ3n) is 4.51. The number of hydrogen-bond acceptors (Lipinski definition) is 4. The van der Waals surface area contributed by atoms with Crippen molar-refractivity contribution in [2.24, 2.45) is 5.84 Å². The van der Waals surface area contributed by atoms with Crippen LogP contribution in [0.5, 0.6) is 11.5 Å². The number of hydrazine groups is 1. The lowest BCUT2D eigenvalue weighted by molar-refractivity contribution is 0.252. The Balaban J connectivity index is 1.88. The molecule has 150 valence electrons. The fourth-order valence-electron chi connectivity index (χ4n) is 2.98. The number of urea groups is 1. The maximum atomic E-state index is 14.4. The van der Waals surface area contributed by atoms with E-state index in [9.17, 15) is 9.18 Å². The molecule has 0 spiro atoms. The van der Waals surface area contributed by atoms with Crippen LogP contribution < -0.4 is 26.1 Å². The number of ether oxygens (including phenoxy) is 2. The van der Waals surface area contributed by atoms with E-state index in [4.69, 9.17) is 15.3 Å². The summed E-state index contributed by atoms with van der Waals surface area (Å²) in [6, 6.07) is 17.0. The molecule has 4 N–H and O–H groups in total. The van der Waals surface area contributed by atoms with Crippen molar-refractivity contribution >= 4 is 11.7 Å². The van der Waals surface area contributed by atoms with E-state index in [1.54, 1.807) is 31.4 Å². The summed E-state index contributed by atoms with van der Waals surface area (Å²) in [5.41, 5.74) is 5.76. The largest absolute Gasteiger partial charge is 0.496 e. The average molecular weight is 395 g/mol. The van der Waals surface area contributed by atoms with E-state index in [2.05, 4.69) is 5.32 Å². The molecule has 0 aliphatic carbocycles. The van der Waals surface area contributed by atoms with E-state index in [-0.39, 0.29) is 12.4 Å². The zero-order chi connectivity index (χ0) is 20.8. The van der Waals surface area contributed by atoms with E-state index in [1.165, 1.54) is 6.07 Å². The quantitative estimate of drug-likeness (QED) is 0.328. The maximum Gasteiger partial charge on any atom is 0.333 e. The smallest absolute Gasteiger partial charge is 0.333 e. The summed E-state index contributed by atoms with van der Waals surface area (Å²) in [6.45, 7) is 1.95. The number of carbonyl (C=O) groups excluding carboxylic acids is 1. The molecule has 29 heavy (non-hydrogen) atoms. The highest BCUT2D eigenvalue weighted by molar-refractivity contribution is 5.89. The van der Waals surface area contributed by atoms with Crippen LogP contribution in [0.4, 0.5) is 14.9 Å². The number of carbonyl (C=O) groups is 1. The molecule has 0 fully saturated rings. The second kappa shape index (κ2) is 9.07. The predicted octanol–water partition coefficient (Wildman–Crippen LogP) is 4.38. The van der Waals surface area contributed by atoms with Crippen molar-refractivity contribution < 1.29 is 18.7 Å². The van der Waals surface area contributed by atoms with Gasteiger partial charge in [-0.25, -0.2) is 15.0 Å². The molecule has 0 aliphatic rings. The molecule has 0 aliphatic heterocycles. The lowest BCUT2D eigenvalue weighted by Gasteiger charge is -2.16. The first kappa shape index (κ1) is 20.2. The summed E-state index contributed by atoms with van der Waals surface area (Å²) in [5.74, 6) is 5.44. The van der Waals surface area contributed by atoms with Crippen molar-refractivity contribution in [1.29, 1.82) is 0 Å². The molecular weight excluding hydrogens is 373 g/mol. The normalized spacial score (nSPS) is 10.3. The van der Waals surface area contributed by atoms with Gasteiger partial charge in [-0.05, 0) is 42.3 Å². The third-order valence-corrected chi connectivity index (χ3v) is 4.51. The SMILES string of the molecule is COc1ccccc1-c1ccc(F)c(OCc2c(C)cccc2NC(=O)NN)c1. The van der Waals surface area contributed by atoms with Crippen molar-refractivity contribution in [3.05, 3.63) is 77.6 Å². The first-order chi connectivity index (χ1) is 14.0. The summed E-state index contributed by atoms with van der Waals surface area (Å²) in [6.07, 6.45) is 0. The Kier molecular flexibility index (Phi) is 6.31. The molecule has 3 rings (SSSR count). The van der Waals surface area contributed by atoms with E-state index >= 15 is 0 Å². The van der Waals surface area contributed by atoms with E-state index in [1.807, 2.05) is 42.7 Å².